The molecule has 0 aromatic rings. The maximum atomic E-state index is 2.81. The maximum absolute atomic E-state index is 2.81. The van der Waals surface area contributed by atoms with Crippen LogP contribution >= 0.6 is 0 Å². The lowest BCUT2D eigenvalue weighted by molar-refractivity contribution is -0.0529. The molecule has 0 heteroatoms. The molecule has 0 aliphatic heterocycles. The van der Waals surface area contributed by atoms with Crippen LogP contribution in [0.2, 0.25) is 0 Å². The van der Waals surface area contributed by atoms with E-state index >= 15 is 0 Å². The first-order valence-electron chi connectivity index (χ1n) is 15.5. The summed E-state index contributed by atoms with van der Waals surface area (Å²) < 4.78 is 0. The van der Waals surface area contributed by atoms with E-state index in [-0.39, 0.29) is 0 Å². The summed E-state index contributed by atoms with van der Waals surface area (Å²) in [6.07, 6.45) is 26.4. The average Bonchev–Trinajstić information content (AvgIpc) is 3.14. The zero-order valence-electron chi connectivity index (χ0n) is 23.4. The Kier molecular flexibility index (Phi) is 8.44. The summed E-state index contributed by atoms with van der Waals surface area (Å²) in [5.74, 6) is 6.79. The van der Waals surface area contributed by atoms with Crippen molar-refractivity contribution in [1.82, 2.24) is 0 Å². The van der Waals surface area contributed by atoms with Gasteiger partial charge in [-0.1, -0.05) is 105 Å². The smallest absolute Gasteiger partial charge is 0.00851 e. The van der Waals surface area contributed by atoms with E-state index in [1.165, 1.54) is 103 Å². The standard InChI is InChI=1S/C33H58/c1-7-8-9-10-14-26-19-21-32(5)27(23-26)15-16-28-30-18-17-29(25(4)13-11-12-24(2)3)33(30,6)22-20-31(28)32/h15,24-26,28-31H,7-14,16-23H2,1-6H3/t25-,26+,28+,29-,30+,31+,32+,33-/m1/s1. The fourth-order valence-corrected chi connectivity index (χ4v) is 9.87. The zero-order valence-corrected chi connectivity index (χ0v) is 23.4. The lowest BCUT2D eigenvalue weighted by Gasteiger charge is -2.58. The van der Waals surface area contributed by atoms with Crippen LogP contribution in [0.15, 0.2) is 11.6 Å². The van der Waals surface area contributed by atoms with E-state index in [0.29, 0.717) is 10.8 Å². The molecule has 0 aromatic heterocycles. The first kappa shape index (κ1) is 25.8. The first-order chi connectivity index (χ1) is 15.8. The molecule has 0 heterocycles. The van der Waals surface area contributed by atoms with Crippen molar-refractivity contribution in [2.24, 2.45) is 52.3 Å². The van der Waals surface area contributed by atoms with Gasteiger partial charge >= 0.3 is 0 Å². The Hall–Kier alpha value is -0.260. The third-order valence-electron chi connectivity index (χ3n) is 11.9. The van der Waals surface area contributed by atoms with E-state index in [1.54, 1.807) is 0 Å². The molecule has 0 spiro atoms. The topological polar surface area (TPSA) is 0 Å². The van der Waals surface area contributed by atoms with E-state index in [1.807, 2.05) is 5.57 Å². The van der Waals surface area contributed by atoms with Crippen LogP contribution in [0, 0.1) is 52.3 Å². The SMILES string of the molecule is CCCCCC[C@H]1CC[C@@]2(C)C(=CC[C@H]3[C@@H]4CC[C@H]([C@H](C)CCCC(C)C)[C@@]4(C)CC[C@@H]32)C1. The predicted octanol–water partition coefficient (Wildman–Crippen LogP) is 10.6. The molecule has 4 aliphatic rings. The summed E-state index contributed by atoms with van der Waals surface area (Å²) in [7, 11) is 0. The van der Waals surface area contributed by atoms with Gasteiger partial charge in [0.25, 0.3) is 0 Å². The Morgan fingerprint density at radius 2 is 1.70 bits per heavy atom. The molecule has 8 atom stereocenters. The van der Waals surface area contributed by atoms with Crippen LogP contribution < -0.4 is 0 Å². The molecule has 0 N–H and O–H groups in total. The molecule has 0 unspecified atom stereocenters. The molecule has 0 bridgehead atoms. The quantitative estimate of drug-likeness (QED) is 0.227. The van der Waals surface area contributed by atoms with Crippen LogP contribution in [0.5, 0.6) is 0 Å². The van der Waals surface area contributed by atoms with Crippen molar-refractivity contribution in [1.29, 1.82) is 0 Å². The number of fused-ring (bicyclic) bond motifs is 5. The van der Waals surface area contributed by atoms with Crippen LogP contribution in [0.25, 0.3) is 0 Å². The molecule has 3 saturated carbocycles. The fourth-order valence-electron chi connectivity index (χ4n) is 9.87. The van der Waals surface area contributed by atoms with E-state index in [2.05, 4.69) is 47.6 Å². The van der Waals surface area contributed by atoms with Gasteiger partial charge in [-0.05, 0) is 104 Å². The van der Waals surface area contributed by atoms with Gasteiger partial charge in [0, 0.05) is 0 Å². The number of unbranched alkanes of at least 4 members (excludes halogenated alkanes) is 3. The van der Waals surface area contributed by atoms with Crippen molar-refractivity contribution >= 4 is 0 Å². The molecule has 3 fully saturated rings. The van der Waals surface area contributed by atoms with Gasteiger partial charge in [-0.15, -0.1) is 0 Å². The Balaban J connectivity index is 1.40. The average molecular weight is 455 g/mol. The molecule has 0 radical (unpaired) electrons. The Morgan fingerprint density at radius 1 is 0.879 bits per heavy atom. The largest absolute Gasteiger partial charge is 0.0845 e. The van der Waals surface area contributed by atoms with Gasteiger partial charge in [-0.3, -0.25) is 0 Å². The van der Waals surface area contributed by atoms with E-state index in [9.17, 15) is 0 Å². The van der Waals surface area contributed by atoms with Gasteiger partial charge in [-0.2, -0.15) is 0 Å². The molecule has 0 amide bonds. The van der Waals surface area contributed by atoms with Gasteiger partial charge in [0.15, 0.2) is 0 Å². The minimum absolute atomic E-state index is 0.547. The summed E-state index contributed by atoms with van der Waals surface area (Å²) >= 11 is 0. The van der Waals surface area contributed by atoms with Crippen molar-refractivity contribution in [3.8, 4) is 0 Å². The van der Waals surface area contributed by atoms with Crippen LogP contribution in [-0.4, -0.2) is 0 Å². The molecule has 0 nitrogen and oxygen atoms in total. The highest BCUT2D eigenvalue weighted by atomic mass is 14.6. The summed E-state index contributed by atoms with van der Waals surface area (Å²) in [4.78, 5) is 0. The van der Waals surface area contributed by atoms with Crippen molar-refractivity contribution in [3.05, 3.63) is 11.6 Å². The predicted molar refractivity (Wildman–Crippen MR) is 145 cm³/mol. The van der Waals surface area contributed by atoms with E-state index in [0.717, 1.165) is 41.4 Å². The highest BCUT2D eigenvalue weighted by Gasteiger charge is 2.59. The Bertz CT molecular complexity index is 657. The monoisotopic (exact) mass is 454 g/mol. The summed E-state index contributed by atoms with van der Waals surface area (Å²) in [6, 6.07) is 0. The summed E-state index contributed by atoms with van der Waals surface area (Å²) in [5, 5.41) is 0. The zero-order chi connectivity index (χ0) is 23.6. The second-order valence-corrected chi connectivity index (χ2v) is 14.2. The third-order valence-corrected chi connectivity index (χ3v) is 11.9. The fraction of sp³-hybridized carbons (Fsp3) is 0.939. The minimum atomic E-state index is 0.547. The Morgan fingerprint density at radius 3 is 2.45 bits per heavy atom. The maximum Gasteiger partial charge on any atom is -0.00851 e. The molecular formula is C33H58. The van der Waals surface area contributed by atoms with Gasteiger partial charge in [-0.25, -0.2) is 0 Å². The van der Waals surface area contributed by atoms with Gasteiger partial charge in [0.1, 0.15) is 0 Å². The van der Waals surface area contributed by atoms with Crippen LogP contribution in [0.1, 0.15) is 144 Å². The first-order valence-corrected chi connectivity index (χ1v) is 15.5. The molecular weight excluding hydrogens is 396 g/mol. The van der Waals surface area contributed by atoms with Crippen molar-refractivity contribution in [2.75, 3.05) is 0 Å². The van der Waals surface area contributed by atoms with Gasteiger partial charge in [0.05, 0.1) is 0 Å². The lowest BCUT2D eigenvalue weighted by atomic mass is 9.46. The van der Waals surface area contributed by atoms with Gasteiger partial charge < -0.3 is 0 Å². The third kappa shape index (κ3) is 5.16. The molecule has 4 rings (SSSR count). The van der Waals surface area contributed by atoms with Crippen LogP contribution in [-0.2, 0) is 0 Å². The molecule has 4 aliphatic carbocycles. The van der Waals surface area contributed by atoms with Crippen molar-refractivity contribution < 1.29 is 0 Å². The van der Waals surface area contributed by atoms with Crippen molar-refractivity contribution in [2.45, 2.75) is 144 Å². The van der Waals surface area contributed by atoms with E-state index < -0.39 is 0 Å². The molecule has 0 aromatic carbocycles. The summed E-state index contributed by atoms with van der Waals surface area (Å²) in [6.45, 7) is 15.2. The van der Waals surface area contributed by atoms with Crippen LogP contribution in [0.3, 0.4) is 0 Å². The highest BCUT2D eigenvalue weighted by Crippen LogP contribution is 2.67. The lowest BCUT2D eigenvalue weighted by Crippen LogP contribution is -2.50. The molecule has 33 heavy (non-hydrogen) atoms. The number of hydrogen-bond acceptors (Lipinski definition) is 0. The molecule has 0 saturated heterocycles. The Labute approximate surface area is 208 Å². The molecule has 190 valence electrons. The number of hydrogen-bond donors (Lipinski definition) is 0. The second kappa shape index (κ2) is 10.8. The van der Waals surface area contributed by atoms with E-state index in [4.69, 9.17) is 0 Å². The van der Waals surface area contributed by atoms with Gasteiger partial charge in [0.2, 0.25) is 0 Å². The highest BCUT2D eigenvalue weighted by molar-refractivity contribution is 5.25. The summed E-state index contributed by atoms with van der Waals surface area (Å²) in [5.41, 5.74) is 3.09. The normalized spacial score (nSPS) is 41.3. The minimum Gasteiger partial charge on any atom is -0.0845 e. The number of allylic oxidation sites excluding steroid dienone is 2. The second-order valence-electron chi connectivity index (χ2n) is 14.2. The van der Waals surface area contributed by atoms with Crippen molar-refractivity contribution in [3.63, 3.8) is 0 Å². The number of rotatable bonds is 10. The van der Waals surface area contributed by atoms with Crippen LogP contribution in [0.4, 0.5) is 0 Å².